The molecule has 0 spiro atoms. The predicted molar refractivity (Wildman–Crippen MR) is 85.9 cm³/mol. The SMILES string of the molecule is C=C1OC2(c3ccccc3)C[C@H](C)CC1(c1ccccc1)O2. The van der Waals surface area contributed by atoms with Crippen LogP contribution in [0.3, 0.4) is 0 Å². The predicted octanol–water partition coefficient (Wildman–Crippen LogP) is 4.73. The Kier molecular flexibility index (Phi) is 2.92. The monoisotopic (exact) mass is 292 g/mol. The fourth-order valence-corrected chi connectivity index (χ4v) is 3.87. The van der Waals surface area contributed by atoms with Gasteiger partial charge in [-0.2, -0.15) is 0 Å². The fourth-order valence-electron chi connectivity index (χ4n) is 3.87. The summed E-state index contributed by atoms with van der Waals surface area (Å²) in [7, 11) is 0. The van der Waals surface area contributed by atoms with Gasteiger partial charge in [-0.15, -0.1) is 0 Å². The van der Waals surface area contributed by atoms with Crippen LogP contribution in [0.1, 0.15) is 30.9 Å². The number of rotatable bonds is 2. The molecule has 0 radical (unpaired) electrons. The Labute approximate surface area is 131 Å². The molecule has 2 fully saturated rings. The summed E-state index contributed by atoms with van der Waals surface area (Å²) in [6.45, 7) is 6.47. The lowest BCUT2D eigenvalue weighted by Crippen LogP contribution is -2.40. The summed E-state index contributed by atoms with van der Waals surface area (Å²) in [5, 5.41) is 0. The van der Waals surface area contributed by atoms with Gasteiger partial charge < -0.3 is 9.47 Å². The minimum absolute atomic E-state index is 0.494. The molecule has 22 heavy (non-hydrogen) atoms. The lowest BCUT2D eigenvalue weighted by molar-refractivity contribution is -0.234. The highest BCUT2D eigenvalue weighted by Crippen LogP contribution is 2.59. The highest BCUT2D eigenvalue weighted by atomic mass is 16.8. The maximum absolute atomic E-state index is 6.61. The van der Waals surface area contributed by atoms with E-state index in [1.807, 2.05) is 36.4 Å². The normalized spacial score (nSPS) is 33.5. The van der Waals surface area contributed by atoms with Gasteiger partial charge >= 0.3 is 0 Å². The Balaban J connectivity index is 1.84. The van der Waals surface area contributed by atoms with Crippen LogP contribution in [0.15, 0.2) is 73.0 Å². The second kappa shape index (κ2) is 4.72. The zero-order valence-corrected chi connectivity index (χ0v) is 12.8. The van der Waals surface area contributed by atoms with E-state index in [0.717, 1.165) is 29.7 Å². The van der Waals surface area contributed by atoms with Crippen LogP contribution in [0.4, 0.5) is 0 Å². The Morgan fingerprint density at radius 2 is 1.50 bits per heavy atom. The van der Waals surface area contributed by atoms with Crippen molar-refractivity contribution in [2.75, 3.05) is 0 Å². The second-order valence-corrected chi connectivity index (χ2v) is 6.45. The van der Waals surface area contributed by atoms with Gasteiger partial charge in [0.25, 0.3) is 0 Å². The molecule has 4 rings (SSSR count). The minimum atomic E-state index is -0.703. The molecule has 2 heteroatoms. The summed E-state index contributed by atoms with van der Waals surface area (Å²) in [5.74, 6) is 0.520. The fraction of sp³-hybridized carbons (Fsp3) is 0.300. The Bertz CT molecular complexity index is 694. The van der Waals surface area contributed by atoms with Crippen molar-refractivity contribution >= 4 is 0 Å². The quantitative estimate of drug-likeness (QED) is 0.797. The molecule has 2 aromatic rings. The first-order valence-electron chi connectivity index (χ1n) is 7.84. The van der Waals surface area contributed by atoms with E-state index in [4.69, 9.17) is 9.47 Å². The first kappa shape index (κ1) is 13.6. The van der Waals surface area contributed by atoms with Gasteiger partial charge in [-0.25, -0.2) is 0 Å². The van der Waals surface area contributed by atoms with Crippen LogP contribution in [0.25, 0.3) is 0 Å². The van der Waals surface area contributed by atoms with E-state index in [1.54, 1.807) is 0 Å². The maximum Gasteiger partial charge on any atom is 0.238 e. The Morgan fingerprint density at radius 1 is 0.909 bits per heavy atom. The van der Waals surface area contributed by atoms with Crippen LogP contribution in [0, 0.1) is 5.92 Å². The summed E-state index contributed by atoms with van der Waals surface area (Å²) in [4.78, 5) is 0. The number of fused-ring (bicyclic) bond motifs is 2. The average molecular weight is 292 g/mol. The van der Waals surface area contributed by atoms with Crippen molar-refractivity contribution in [2.45, 2.75) is 31.2 Å². The van der Waals surface area contributed by atoms with Crippen LogP contribution in [0.5, 0.6) is 0 Å². The highest BCUT2D eigenvalue weighted by Gasteiger charge is 2.60. The van der Waals surface area contributed by atoms with E-state index in [2.05, 4.69) is 37.8 Å². The molecular weight excluding hydrogens is 272 g/mol. The van der Waals surface area contributed by atoms with Gasteiger partial charge in [-0.1, -0.05) is 74.2 Å². The van der Waals surface area contributed by atoms with E-state index >= 15 is 0 Å². The van der Waals surface area contributed by atoms with Crippen LogP contribution < -0.4 is 0 Å². The van der Waals surface area contributed by atoms with Crippen LogP contribution in [-0.2, 0) is 20.9 Å². The largest absolute Gasteiger partial charge is 0.459 e. The molecule has 2 aromatic carbocycles. The third-order valence-corrected chi connectivity index (χ3v) is 4.78. The van der Waals surface area contributed by atoms with Gasteiger partial charge in [0.2, 0.25) is 5.79 Å². The van der Waals surface area contributed by atoms with Crippen molar-refractivity contribution in [3.63, 3.8) is 0 Å². The molecule has 2 heterocycles. The smallest absolute Gasteiger partial charge is 0.238 e. The van der Waals surface area contributed by atoms with Crippen molar-refractivity contribution in [1.82, 2.24) is 0 Å². The summed E-state index contributed by atoms with van der Waals surface area (Å²) < 4.78 is 12.9. The standard InChI is InChI=1S/C20H20O2/c1-15-13-19(17-9-5-3-6-10-17)16(2)21-20(14-15,22-19)18-11-7-4-8-12-18/h3-12,15H,2,13-14H2,1H3/t15-,19?,20?/m1/s1. The van der Waals surface area contributed by atoms with E-state index in [0.29, 0.717) is 5.92 Å². The third kappa shape index (κ3) is 1.84. The number of benzene rings is 2. The maximum atomic E-state index is 6.61. The molecule has 0 N–H and O–H groups in total. The summed E-state index contributed by atoms with van der Waals surface area (Å²) in [5.41, 5.74) is 1.67. The molecule has 0 aromatic heterocycles. The van der Waals surface area contributed by atoms with E-state index in [9.17, 15) is 0 Å². The zero-order valence-electron chi connectivity index (χ0n) is 12.8. The van der Waals surface area contributed by atoms with Crippen LogP contribution in [-0.4, -0.2) is 0 Å². The topological polar surface area (TPSA) is 18.5 Å². The van der Waals surface area contributed by atoms with Gasteiger partial charge in [0, 0.05) is 12.0 Å². The zero-order chi connectivity index (χ0) is 15.2. The average Bonchev–Trinajstić information content (AvgIpc) is 2.77. The van der Waals surface area contributed by atoms with E-state index < -0.39 is 11.4 Å². The number of ether oxygens (including phenoxy) is 2. The highest BCUT2D eigenvalue weighted by molar-refractivity contribution is 5.36. The van der Waals surface area contributed by atoms with E-state index in [1.165, 1.54) is 0 Å². The van der Waals surface area contributed by atoms with Crippen LogP contribution >= 0.6 is 0 Å². The van der Waals surface area contributed by atoms with Gasteiger partial charge in [0.15, 0.2) is 5.60 Å². The van der Waals surface area contributed by atoms with Crippen molar-refractivity contribution in [3.05, 3.63) is 84.1 Å². The summed E-state index contributed by atoms with van der Waals surface area (Å²) in [6, 6.07) is 20.5. The van der Waals surface area contributed by atoms with Crippen molar-refractivity contribution in [1.29, 1.82) is 0 Å². The summed E-state index contributed by atoms with van der Waals surface area (Å²) in [6.07, 6.45) is 1.76. The van der Waals surface area contributed by atoms with Crippen molar-refractivity contribution in [3.8, 4) is 0 Å². The first-order valence-corrected chi connectivity index (χ1v) is 7.84. The van der Waals surface area contributed by atoms with Gasteiger partial charge in [-0.3, -0.25) is 0 Å². The Hall–Kier alpha value is -2.06. The molecule has 2 aliphatic rings. The molecule has 0 saturated carbocycles. The van der Waals surface area contributed by atoms with Gasteiger partial charge in [0.05, 0.1) is 0 Å². The molecule has 0 aliphatic carbocycles. The molecule has 2 aliphatic heterocycles. The van der Waals surface area contributed by atoms with Gasteiger partial charge in [0.1, 0.15) is 5.76 Å². The van der Waals surface area contributed by atoms with Crippen LogP contribution in [0.2, 0.25) is 0 Å². The third-order valence-electron chi connectivity index (χ3n) is 4.78. The minimum Gasteiger partial charge on any atom is -0.459 e. The number of hydrogen-bond donors (Lipinski definition) is 0. The Morgan fingerprint density at radius 3 is 2.14 bits per heavy atom. The second-order valence-electron chi connectivity index (χ2n) is 6.45. The molecule has 2 bridgehead atoms. The van der Waals surface area contributed by atoms with Gasteiger partial charge in [-0.05, 0) is 17.9 Å². The molecule has 2 saturated heterocycles. The molecule has 3 atom stereocenters. The molecule has 2 unspecified atom stereocenters. The van der Waals surface area contributed by atoms with E-state index in [-0.39, 0.29) is 0 Å². The molecule has 0 amide bonds. The summed E-state index contributed by atoms with van der Waals surface area (Å²) >= 11 is 0. The van der Waals surface area contributed by atoms with Crippen molar-refractivity contribution < 1.29 is 9.47 Å². The molecule has 2 nitrogen and oxygen atoms in total. The molecule has 112 valence electrons. The van der Waals surface area contributed by atoms with Crippen molar-refractivity contribution in [2.24, 2.45) is 5.92 Å². The molecular formula is C20H20O2. The first-order chi connectivity index (χ1) is 10.6. The lowest BCUT2D eigenvalue weighted by Gasteiger charge is -2.40. The number of hydrogen-bond acceptors (Lipinski definition) is 2. The lowest BCUT2D eigenvalue weighted by atomic mass is 9.79.